The number of rotatable bonds is 4. The average Bonchev–Trinajstić information content (AvgIpc) is 2.87. The highest BCUT2D eigenvalue weighted by Crippen LogP contribution is 2.34. The fraction of sp³-hybridized carbons (Fsp3) is 0.294. The van der Waals surface area contributed by atoms with Gasteiger partial charge >= 0.3 is 6.16 Å². The summed E-state index contributed by atoms with van der Waals surface area (Å²) in [5, 5.41) is 11.4. The summed E-state index contributed by atoms with van der Waals surface area (Å²) in [5.74, 6) is 0.268. The lowest BCUT2D eigenvalue weighted by Gasteiger charge is -2.11. The normalized spacial score (nSPS) is 11.3. The Labute approximate surface area is 138 Å². The molecule has 0 unspecified atom stereocenters. The number of benzene rings is 1. The molecular weight excluding hydrogens is 312 g/mol. The fourth-order valence-electron chi connectivity index (χ4n) is 2.59. The van der Waals surface area contributed by atoms with Crippen LogP contribution in [0.3, 0.4) is 0 Å². The van der Waals surface area contributed by atoms with Crippen LogP contribution in [0.4, 0.5) is 4.79 Å². The van der Waals surface area contributed by atoms with E-state index >= 15 is 0 Å². The standard InChI is InChI=1S/C17H18N2O5/c1-9(2)23-17(21)24-16-12(8-22-3)15-11-6-10(20)4-5-13(11)19-14(15)7-18-16/h4-7,9,19-20H,8H2,1-3H3. The molecule has 126 valence electrons. The molecule has 1 aromatic carbocycles. The van der Waals surface area contributed by atoms with Crippen molar-refractivity contribution in [2.45, 2.75) is 26.6 Å². The van der Waals surface area contributed by atoms with Crippen molar-refractivity contribution < 1.29 is 24.1 Å². The number of carbonyl (C=O) groups excluding carboxylic acids is 1. The van der Waals surface area contributed by atoms with Crippen LogP contribution in [0.5, 0.6) is 11.6 Å². The number of pyridine rings is 1. The average molecular weight is 330 g/mol. The van der Waals surface area contributed by atoms with Gasteiger partial charge in [-0.2, -0.15) is 0 Å². The van der Waals surface area contributed by atoms with Crippen LogP contribution in [0, 0.1) is 0 Å². The maximum Gasteiger partial charge on any atom is 0.515 e. The van der Waals surface area contributed by atoms with E-state index in [2.05, 4.69) is 9.97 Å². The third-order valence-electron chi connectivity index (χ3n) is 3.48. The quantitative estimate of drug-likeness (QED) is 0.711. The summed E-state index contributed by atoms with van der Waals surface area (Å²) in [7, 11) is 1.54. The molecule has 0 spiro atoms. The largest absolute Gasteiger partial charge is 0.515 e. The van der Waals surface area contributed by atoms with Crippen molar-refractivity contribution in [2.75, 3.05) is 7.11 Å². The predicted molar refractivity (Wildman–Crippen MR) is 88.2 cm³/mol. The molecule has 3 rings (SSSR count). The van der Waals surface area contributed by atoms with Crippen molar-refractivity contribution in [3.8, 4) is 11.6 Å². The fourth-order valence-corrected chi connectivity index (χ4v) is 2.59. The molecule has 0 aliphatic rings. The zero-order valence-electron chi connectivity index (χ0n) is 13.6. The zero-order valence-corrected chi connectivity index (χ0v) is 13.6. The van der Waals surface area contributed by atoms with Crippen molar-refractivity contribution in [3.05, 3.63) is 30.0 Å². The van der Waals surface area contributed by atoms with Crippen molar-refractivity contribution in [1.29, 1.82) is 0 Å². The Morgan fingerprint density at radius 3 is 2.83 bits per heavy atom. The number of phenols is 1. The lowest BCUT2D eigenvalue weighted by atomic mass is 10.1. The van der Waals surface area contributed by atoms with E-state index in [0.717, 1.165) is 21.8 Å². The highest BCUT2D eigenvalue weighted by molar-refractivity contribution is 6.09. The molecule has 0 amide bonds. The van der Waals surface area contributed by atoms with Crippen LogP contribution in [0.25, 0.3) is 21.8 Å². The van der Waals surface area contributed by atoms with Crippen LogP contribution in [0.2, 0.25) is 0 Å². The van der Waals surface area contributed by atoms with Gasteiger partial charge in [0.05, 0.1) is 30.0 Å². The minimum atomic E-state index is -0.822. The van der Waals surface area contributed by atoms with Gasteiger partial charge in [-0.25, -0.2) is 9.78 Å². The molecule has 2 aromatic heterocycles. The van der Waals surface area contributed by atoms with Gasteiger partial charge in [-0.15, -0.1) is 0 Å². The number of methoxy groups -OCH3 is 1. The SMILES string of the molecule is COCc1c(OC(=O)OC(C)C)ncc2[nH]c3ccc(O)cc3c12. The molecule has 7 heteroatoms. The lowest BCUT2D eigenvalue weighted by Crippen LogP contribution is -2.17. The van der Waals surface area contributed by atoms with Gasteiger partial charge in [0, 0.05) is 23.4 Å². The van der Waals surface area contributed by atoms with E-state index in [-0.39, 0.29) is 24.3 Å². The summed E-state index contributed by atoms with van der Waals surface area (Å²) >= 11 is 0. The first-order chi connectivity index (χ1) is 11.5. The van der Waals surface area contributed by atoms with Crippen LogP contribution >= 0.6 is 0 Å². The highest BCUT2D eigenvalue weighted by atomic mass is 16.7. The summed E-state index contributed by atoms with van der Waals surface area (Å²) in [6.45, 7) is 3.66. The first-order valence-corrected chi connectivity index (χ1v) is 7.49. The number of aromatic hydroxyl groups is 1. The molecule has 0 bridgehead atoms. The Hall–Kier alpha value is -2.80. The zero-order chi connectivity index (χ0) is 17.3. The molecule has 0 radical (unpaired) electrons. The number of aromatic amines is 1. The molecule has 0 fully saturated rings. The summed E-state index contributed by atoms with van der Waals surface area (Å²) < 4.78 is 15.5. The van der Waals surface area contributed by atoms with E-state index in [1.807, 2.05) is 0 Å². The molecule has 0 saturated heterocycles. The molecule has 0 aliphatic carbocycles. The summed E-state index contributed by atoms with van der Waals surface area (Å²) in [5.41, 5.74) is 2.20. The Morgan fingerprint density at radius 1 is 1.33 bits per heavy atom. The van der Waals surface area contributed by atoms with Crippen LogP contribution in [0.15, 0.2) is 24.4 Å². The van der Waals surface area contributed by atoms with Crippen molar-refractivity contribution in [2.24, 2.45) is 0 Å². The van der Waals surface area contributed by atoms with E-state index in [4.69, 9.17) is 14.2 Å². The minimum absolute atomic E-state index is 0.124. The van der Waals surface area contributed by atoms with Crippen LogP contribution in [0.1, 0.15) is 19.4 Å². The Balaban J connectivity index is 2.15. The number of nitrogens with one attached hydrogen (secondary N) is 1. The number of carbonyl (C=O) groups is 1. The number of hydrogen-bond donors (Lipinski definition) is 2. The molecule has 0 atom stereocenters. The maximum atomic E-state index is 11.8. The Kier molecular flexibility index (Phi) is 4.26. The molecule has 7 nitrogen and oxygen atoms in total. The van der Waals surface area contributed by atoms with Gasteiger partial charge in [0.2, 0.25) is 5.88 Å². The Morgan fingerprint density at radius 2 is 2.12 bits per heavy atom. The van der Waals surface area contributed by atoms with Crippen molar-refractivity contribution in [3.63, 3.8) is 0 Å². The molecule has 24 heavy (non-hydrogen) atoms. The molecular formula is C17H18N2O5. The Bertz CT molecular complexity index is 901. The second-order valence-corrected chi connectivity index (χ2v) is 5.64. The molecule has 0 aliphatic heterocycles. The van der Waals surface area contributed by atoms with Gasteiger partial charge in [-0.3, -0.25) is 0 Å². The van der Waals surface area contributed by atoms with E-state index in [1.165, 1.54) is 0 Å². The number of phenolic OH excluding ortho intramolecular Hbond substituents is 1. The van der Waals surface area contributed by atoms with Crippen molar-refractivity contribution in [1.82, 2.24) is 9.97 Å². The van der Waals surface area contributed by atoms with Gasteiger partial charge in [0.1, 0.15) is 5.75 Å². The third kappa shape index (κ3) is 2.98. The second kappa shape index (κ2) is 6.37. The van der Waals surface area contributed by atoms with Crippen LogP contribution in [-0.4, -0.2) is 34.4 Å². The first-order valence-electron chi connectivity index (χ1n) is 7.49. The number of nitrogens with zero attached hydrogens (tertiary/aromatic N) is 1. The summed E-state index contributed by atoms with van der Waals surface area (Å²) in [6.07, 6.45) is 0.456. The molecule has 3 aromatic rings. The lowest BCUT2D eigenvalue weighted by molar-refractivity contribution is 0.0705. The number of ether oxygens (including phenoxy) is 3. The smallest absolute Gasteiger partial charge is 0.508 e. The van der Waals surface area contributed by atoms with Gasteiger partial charge in [0.25, 0.3) is 0 Å². The van der Waals surface area contributed by atoms with Crippen molar-refractivity contribution >= 4 is 28.0 Å². The monoisotopic (exact) mass is 330 g/mol. The van der Waals surface area contributed by atoms with E-state index in [9.17, 15) is 9.90 Å². The molecule has 2 N–H and O–H groups in total. The number of fused-ring (bicyclic) bond motifs is 3. The van der Waals surface area contributed by atoms with Crippen LogP contribution in [-0.2, 0) is 16.1 Å². The van der Waals surface area contributed by atoms with E-state index in [1.54, 1.807) is 45.4 Å². The van der Waals surface area contributed by atoms with E-state index < -0.39 is 6.16 Å². The highest BCUT2D eigenvalue weighted by Gasteiger charge is 2.19. The summed E-state index contributed by atoms with van der Waals surface area (Å²) in [6, 6.07) is 5.01. The summed E-state index contributed by atoms with van der Waals surface area (Å²) in [4.78, 5) is 19.2. The minimum Gasteiger partial charge on any atom is -0.508 e. The van der Waals surface area contributed by atoms with Gasteiger partial charge < -0.3 is 24.3 Å². The maximum absolute atomic E-state index is 11.8. The van der Waals surface area contributed by atoms with Gasteiger partial charge in [-0.05, 0) is 32.0 Å². The topological polar surface area (TPSA) is 93.7 Å². The number of hydrogen-bond acceptors (Lipinski definition) is 6. The second-order valence-electron chi connectivity index (χ2n) is 5.64. The molecule has 0 saturated carbocycles. The predicted octanol–water partition coefficient (Wildman–Crippen LogP) is 3.49. The molecule has 2 heterocycles. The third-order valence-corrected chi connectivity index (χ3v) is 3.48. The van der Waals surface area contributed by atoms with Gasteiger partial charge in [-0.1, -0.05) is 0 Å². The number of H-pyrrole nitrogens is 1. The van der Waals surface area contributed by atoms with Crippen LogP contribution < -0.4 is 4.74 Å². The number of aromatic nitrogens is 2. The van der Waals surface area contributed by atoms with Gasteiger partial charge in [0.15, 0.2) is 0 Å². The first kappa shape index (κ1) is 16.1. The van der Waals surface area contributed by atoms with E-state index in [0.29, 0.717) is 5.56 Å².